The Bertz CT molecular complexity index is 992. The summed E-state index contributed by atoms with van der Waals surface area (Å²) >= 11 is 6.00. The standard InChI is InChI=1S/C21H15ClFNO4/c22-19-7-2-1-6-18(19)21(26)24-15-8-10-16(11-9-15)28-20(25)13-27-17-5-3-4-14(23)12-17/h1-12H,13H2,(H,24,26). The van der Waals surface area contributed by atoms with Crippen molar-refractivity contribution in [2.24, 2.45) is 0 Å². The Labute approximate surface area is 165 Å². The number of carbonyl (C=O) groups is 2. The smallest absolute Gasteiger partial charge is 0.349 e. The fourth-order valence-corrected chi connectivity index (χ4v) is 2.53. The molecule has 3 aromatic carbocycles. The minimum atomic E-state index is -0.642. The third kappa shape index (κ3) is 5.31. The van der Waals surface area contributed by atoms with Gasteiger partial charge in [-0.1, -0.05) is 29.8 Å². The van der Waals surface area contributed by atoms with Gasteiger partial charge in [0.05, 0.1) is 10.6 Å². The number of halogens is 2. The summed E-state index contributed by atoms with van der Waals surface area (Å²) in [6.45, 7) is -0.367. The molecule has 0 unspecified atom stereocenters. The quantitative estimate of drug-likeness (QED) is 0.481. The van der Waals surface area contributed by atoms with Crippen LogP contribution in [0.4, 0.5) is 10.1 Å². The van der Waals surface area contributed by atoms with Gasteiger partial charge in [0.1, 0.15) is 17.3 Å². The molecule has 0 aromatic heterocycles. The molecule has 0 heterocycles. The van der Waals surface area contributed by atoms with E-state index >= 15 is 0 Å². The summed E-state index contributed by atoms with van der Waals surface area (Å²) in [4.78, 5) is 24.0. The molecular weight excluding hydrogens is 385 g/mol. The maximum absolute atomic E-state index is 13.1. The molecule has 1 amide bonds. The second-order valence-corrected chi connectivity index (χ2v) is 6.09. The molecule has 3 aromatic rings. The SMILES string of the molecule is O=C(COc1cccc(F)c1)Oc1ccc(NC(=O)c2ccccc2Cl)cc1. The van der Waals surface area contributed by atoms with Crippen molar-refractivity contribution in [3.8, 4) is 11.5 Å². The highest BCUT2D eigenvalue weighted by molar-refractivity contribution is 6.34. The Kier molecular flexibility index (Phi) is 6.24. The van der Waals surface area contributed by atoms with E-state index < -0.39 is 11.8 Å². The maximum Gasteiger partial charge on any atom is 0.349 e. The van der Waals surface area contributed by atoms with Crippen LogP contribution in [0.1, 0.15) is 10.4 Å². The van der Waals surface area contributed by atoms with Gasteiger partial charge in [-0.05, 0) is 48.5 Å². The highest BCUT2D eigenvalue weighted by atomic mass is 35.5. The Hall–Kier alpha value is -3.38. The summed E-state index contributed by atoms with van der Waals surface area (Å²) in [6.07, 6.45) is 0. The van der Waals surface area contributed by atoms with E-state index in [1.54, 1.807) is 36.4 Å². The summed E-state index contributed by atoms with van der Waals surface area (Å²) in [5, 5.41) is 3.06. The molecule has 3 rings (SSSR count). The first kappa shape index (κ1) is 19.4. The fourth-order valence-electron chi connectivity index (χ4n) is 2.31. The van der Waals surface area contributed by atoms with Crippen molar-refractivity contribution in [3.05, 3.63) is 89.2 Å². The predicted octanol–water partition coefficient (Wildman–Crippen LogP) is 4.72. The summed E-state index contributed by atoms with van der Waals surface area (Å²) < 4.78 is 23.4. The largest absolute Gasteiger partial charge is 0.482 e. The van der Waals surface area contributed by atoms with Crippen LogP contribution in [0.25, 0.3) is 0 Å². The van der Waals surface area contributed by atoms with Crippen LogP contribution in [0.5, 0.6) is 11.5 Å². The van der Waals surface area contributed by atoms with Crippen LogP contribution in [0.3, 0.4) is 0 Å². The van der Waals surface area contributed by atoms with Gasteiger partial charge in [0, 0.05) is 11.8 Å². The summed E-state index contributed by atoms with van der Waals surface area (Å²) in [6, 6.07) is 18.4. The van der Waals surface area contributed by atoms with Crippen LogP contribution in [0.15, 0.2) is 72.8 Å². The minimum absolute atomic E-state index is 0.231. The van der Waals surface area contributed by atoms with Crippen molar-refractivity contribution in [2.75, 3.05) is 11.9 Å². The van der Waals surface area contributed by atoms with E-state index in [1.165, 1.54) is 36.4 Å². The van der Waals surface area contributed by atoms with Crippen molar-refractivity contribution < 1.29 is 23.5 Å². The summed E-state index contributed by atoms with van der Waals surface area (Å²) in [5.41, 5.74) is 0.870. The van der Waals surface area contributed by atoms with Crippen molar-refractivity contribution in [1.82, 2.24) is 0 Å². The van der Waals surface area contributed by atoms with Crippen molar-refractivity contribution >= 4 is 29.2 Å². The van der Waals surface area contributed by atoms with E-state index in [4.69, 9.17) is 21.1 Å². The van der Waals surface area contributed by atoms with E-state index in [0.29, 0.717) is 16.3 Å². The average Bonchev–Trinajstić information content (AvgIpc) is 2.68. The van der Waals surface area contributed by atoms with E-state index in [1.807, 2.05) is 0 Å². The highest BCUT2D eigenvalue weighted by Crippen LogP contribution is 2.20. The molecule has 28 heavy (non-hydrogen) atoms. The van der Waals surface area contributed by atoms with Gasteiger partial charge < -0.3 is 14.8 Å². The number of rotatable bonds is 6. The van der Waals surface area contributed by atoms with Gasteiger partial charge in [-0.25, -0.2) is 9.18 Å². The lowest BCUT2D eigenvalue weighted by atomic mass is 10.2. The lowest BCUT2D eigenvalue weighted by Gasteiger charge is -2.09. The molecule has 0 radical (unpaired) electrons. The molecule has 0 spiro atoms. The highest BCUT2D eigenvalue weighted by Gasteiger charge is 2.11. The third-order valence-corrected chi connectivity index (χ3v) is 3.94. The van der Waals surface area contributed by atoms with E-state index in [9.17, 15) is 14.0 Å². The van der Waals surface area contributed by atoms with Crippen molar-refractivity contribution in [2.45, 2.75) is 0 Å². The van der Waals surface area contributed by atoms with Crippen LogP contribution in [0.2, 0.25) is 5.02 Å². The Morgan fingerprint density at radius 2 is 1.68 bits per heavy atom. The summed E-state index contributed by atoms with van der Waals surface area (Å²) in [7, 11) is 0. The van der Waals surface area contributed by atoms with Crippen LogP contribution in [0, 0.1) is 5.82 Å². The van der Waals surface area contributed by atoms with E-state index in [0.717, 1.165) is 0 Å². The monoisotopic (exact) mass is 399 g/mol. The van der Waals surface area contributed by atoms with Crippen LogP contribution >= 0.6 is 11.6 Å². The lowest BCUT2D eigenvalue weighted by Crippen LogP contribution is -2.17. The fraction of sp³-hybridized carbons (Fsp3) is 0.0476. The van der Waals surface area contributed by atoms with Crippen LogP contribution in [-0.4, -0.2) is 18.5 Å². The number of hydrogen-bond acceptors (Lipinski definition) is 4. The molecule has 0 aliphatic carbocycles. The zero-order valence-electron chi connectivity index (χ0n) is 14.5. The molecule has 0 fully saturated rings. The molecular formula is C21H15ClFNO4. The molecule has 1 N–H and O–H groups in total. The van der Waals surface area contributed by atoms with Gasteiger partial charge in [0.15, 0.2) is 6.61 Å². The number of benzene rings is 3. The van der Waals surface area contributed by atoms with Crippen molar-refractivity contribution in [1.29, 1.82) is 0 Å². The zero-order chi connectivity index (χ0) is 19.9. The Morgan fingerprint density at radius 1 is 0.929 bits per heavy atom. The zero-order valence-corrected chi connectivity index (χ0v) is 15.3. The number of ether oxygens (including phenoxy) is 2. The van der Waals surface area contributed by atoms with Crippen LogP contribution in [-0.2, 0) is 4.79 Å². The molecule has 0 atom stereocenters. The molecule has 0 saturated carbocycles. The second kappa shape index (κ2) is 9.01. The molecule has 142 valence electrons. The van der Waals surface area contributed by atoms with Gasteiger partial charge in [0.2, 0.25) is 0 Å². The average molecular weight is 400 g/mol. The van der Waals surface area contributed by atoms with Crippen LogP contribution < -0.4 is 14.8 Å². The lowest BCUT2D eigenvalue weighted by molar-refractivity contribution is -0.136. The van der Waals surface area contributed by atoms with Gasteiger partial charge in [0.25, 0.3) is 5.91 Å². The molecule has 0 aliphatic heterocycles. The maximum atomic E-state index is 13.1. The number of hydrogen-bond donors (Lipinski definition) is 1. The van der Waals surface area contributed by atoms with E-state index in [2.05, 4.69) is 5.32 Å². The topological polar surface area (TPSA) is 64.6 Å². The Balaban J connectivity index is 1.53. The van der Waals surface area contributed by atoms with Crippen molar-refractivity contribution in [3.63, 3.8) is 0 Å². The van der Waals surface area contributed by atoms with Gasteiger partial charge in [-0.3, -0.25) is 4.79 Å². The molecule has 5 nitrogen and oxygen atoms in total. The first-order valence-electron chi connectivity index (χ1n) is 8.26. The minimum Gasteiger partial charge on any atom is -0.482 e. The summed E-state index contributed by atoms with van der Waals surface area (Å²) in [5.74, 6) is -0.936. The predicted molar refractivity (Wildman–Crippen MR) is 103 cm³/mol. The normalized spacial score (nSPS) is 10.2. The number of esters is 1. The number of carbonyl (C=O) groups excluding carboxylic acids is 2. The molecule has 0 saturated heterocycles. The van der Waals surface area contributed by atoms with E-state index in [-0.39, 0.29) is 24.0 Å². The number of nitrogens with one attached hydrogen (secondary N) is 1. The number of amides is 1. The third-order valence-electron chi connectivity index (χ3n) is 3.62. The first-order chi connectivity index (χ1) is 13.5. The molecule has 0 aliphatic rings. The second-order valence-electron chi connectivity index (χ2n) is 5.68. The Morgan fingerprint density at radius 3 is 2.39 bits per heavy atom. The van der Waals surface area contributed by atoms with Gasteiger partial charge in [-0.2, -0.15) is 0 Å². The van der Waals surface area contributed by atoms with Gasteiger partial charge in [-0.15, -0.1) is 0 Å². The molecule has 0 bridgehead atoms. The molecule has 7 heteroatoms. The first-order valence-corrected chi connectivity index (χ1v) is 8.64. The number of anilines is 1. The van der Waals surface area contributed by atoms with Gasteiger partial charge >= 0.3 is 5.97 Å².